The number of anilines is 1. The van der Waals surface area contributed by atoms with E-state index >= 15 is 0 Å². The smallest absolute Gasteiger partial charge is 0.328 e. The van der Waals surface area contributed by atoms with Crippen molar-refractivity contribution in [2.75, 3.05) is 45.3 Å². The number of ether oxygens (including phenoxy) is 2. The van der Waals surface area contributed by atoms with Crippen molar-refractivity contribution >= 4 is 22.8 Å². The molecule has 32 heavy (non-hydrogen) atoms. The van der Waals surface area contributed by atoms with Crippen molar-refractivity contribution < 1.29 is 14.3 Å². The van der Waals surface area contributed by atoms with E-state index in [0.29, 0.717) is 49.1 Å². The first-order valence-corrected chi connectivity index (χ1v) is 10.2. The quantitative estimate of drug-likeness (QED) is 0.578. The molecule has 2 aromatic heterocycles. The number of piperazine rings is 1. The highest BCUT2D eigenvalue weighted by Gasteiger charge is 2.23. The first-order chi connectivity index (χ1) is 15.5. The maximum atomic E-state index is 12.9. The van der Waals surface area contributed by atoms with Gasteiger partial charge in [-0.2, -0.15) is 0 Å². The molecule has 1 saturated heterocycles. The molecular formula is C21H24N6O5. The van der Waals surface area contributed by atoms with Gasteiger partial charge in [0.25, 0.3) is 5.56 Å². The molecule has 0 atom stereocenters. The summed E-state index contributed by atoms with van der Waals surface area (Å²) in [5, 5.41) is 0.283. The van der Waals surface area contributed by atoms with E-state index in [0.717, 1.165) is 4.57 Å². The molecule has 3 aromatic rings. The number of H-pyrrole nitrogens is 1. The average Bonchev–Trinajstić information content (AvgIpc) is 2.83. The maximum Gasteiger partial charge on any atom is 0.328 e. The zero-order chi connectivity index (χ0) is 22.7. The molecule has 1 aromatic carbocycles. The molecule has 4 rings (SSSR count). The average molecular weight is 440 g/mol. The van der Waals surface area contributed by atoms with Crippen LogP contribution in [0.2, 0.25) is 0 Å². The molecule has 0 saturated carbocycles. The highest BCUT2D eigenvalue weighted by molar-refractivity contribution is 5.81. The standard InChI is InChI=1S/C21H24N6O5/c1-31-16-12-14-15(13-17(16)32-2)24-21(30)27(19(14)29)7-4-18(28)25-8-10-26(11-9-25)20-22-5-3-6-23-20/h3,5-6,12-13H,4,7-11H2,1-2H3,(H,24,30). The number of aromatic nitrogens is 4. The molecule has 1 aliphatic rings. The molecule has 0 unspecified atom stereocenters. The monoisotopic (exact) mass is 440 g/mol. The van der Waals surface area contributed by atoms with Crippen molar-refractivity contribution in [3.05, 3.63) is 51.4 Å². The number of hydrogen-bond acceptors (Lipinski definition) is 8. The second-order valence-electron chi connectivity index (χ2n) is 7.31. The first-order valence-electron chi connectivity index (χ1n) is 10.2. The Labute approximate surface area is 183 Å². The third kappa shape index (κ3) is 4.13. The van der Waals surface area contributed by atoms with Gasteiger partial charge in [-0.15, -0.1) is 0 Å². The van der Waals surface area contributed by atoms with Gasteiger partial charge in [0, 0.05) is 57.6 Å². The van der Waals surface area contributed by atoms with Gasteiger partial charge in [0.2, 0.25) is 11.9 Å². The number of hydrogen-bond donors (Lipinski definition) is 1. The van der Waals surface area contributed by atoms with Crippen molar-refractivity contribution in [3.63, 3.8) is 0 Å². The molecule has 0 bridgehead atoms. The van der Waals surface area contributed by atoms with Gasteiger partial charge in [-0.3, -0.25) is 14.2 Å². The number of nitrogens with one attached hydrogen (secondary N) is 1. The molecule has 0 spiro atoms. The largest absolute Gasteiger partial charge is 0.493 e. The fraction of sp³-hybridized carbons (Fsp3) is 0.381. The van der Waals surface area contributed by atoms with Crippen molar-refractivity contribution in [1.82, 2.24) is 24.4 Å². The molecule has 1 aliphatic heterocycles. The molecule has 11 heteroatoms. The Balaban J connectivity index is 1.45. The zero-order valence-corrected chi connectivity index (χ0v) is 17.9. The lowest BCUT2D eigenvalue weighted by Crippen LogP contribution is -2.49. The lowest BCUT2D eigenvalue weighted by Gasteiger charge is -2.34. The van der Waals surface area contributed by atoms with Gasteiger partial charge in [-0.05, 0) is 12.1 Å². The van der Waals surface area contributed by atoms with Crippen LogP contribution in [0.25, 0.3) is 10.9 Å². The number of fused-ring (bicyclic) bond motifs is 1. The number of methoxy groups -OCH3 is 2. The number of benzene rings is 1. The Hall–Kier alpha value is -3.89. The van der Waals surface area contributed by atoms with Crippen molar-refractivity contribution in [2.45, 2.75) is 13.0 Å². The molecule has 1 N–H and O–H groups in total. The van der Waals surface area contributed by atoms with Crippen molar-refractivity contribution in [1.29, 1.82) is 0 Å². The molecular weight excluding hydrogens is 416 g/mol. The summed E-state index contributed by atoms with van der Waals surface area (Å²) in [5.41, 5.74) is -0.711. The number of aromatic amines is 1. The van der Waals surface area contributed by atoms with Crippen LogP contribution in [-0.2, 0) is 11.3 Å². The van der Waals surface area contributed by atoms with E-state index in [-0.39, 0.29) is 24.3 Å². The van der Waals surface area contributed by atoms with Crippen LogP contribution < -0.4 is 25.6 Å². The highest BCUT2D eigenvalue weighted by Crippen LogP contribution is 2.29. The second-order valence-corrected chi connectivity index (χ2v) is 7.31. The number of rotatable bonds is 6. The summed E-state index contributed by atoms with van der Waals surface area (Å²) in [7, 11) is 2.94. The van der Waals surface area contributed by atoms with Gasteiger partial charge in [0.1, 0.15) is 0 Å². The minimum absolute atomic E-state index is 0.0146. The van der Waals surface area contributed by atoms with Crippen LogP contribution in [0.5, 0.6) is 11.5 Å². The van der Waals surface area contributed by atoms with Crippen molar-refractivity contribution in [2.24, 2.45) is 0 Å². The summed E-state index contributed by atoms with van der Waals surface area (Å²) < 4.78 is 11.5. The molecule has 3 heterocycles. The number of amides is 1. The summed E-state index contributed by atoms with van der Waals surface area (Å²) in [6, 6.07) is 4.82. The fourth-order valence-electron chi connectivity index (χ4n) is 3.76. The van der Waals surface area contributed by atoms with Crippen LogP contribution in [0.1, 0.15) is 6.42 Å². The van der Waals surface area contributed by atoms with E-state index in [4.69, 9.17) is 9.47 Å². The van der Waals surface area contributed by atoms with E-state index < -0.39 is 11.2 Å². The second kappa shape index (κ2) is 9.08. The maximum absolute atomic E-state index is 12.9. The molecule has 0 aliphatic carbocycles. The van der Waals surface area contributed by atoms with E-state index in [1.165, 1.54) is 20.3 Å². The van der Waals surface area contributed by atoms with Gasteiger partial charge in [-0.25, -0.2) is 14.8 Å². The topological polar surface area (TPSA) is 123 Å². The molecule has 0 radical (unpaired) electrons. The first kappa shape index (κ1) is 21.3. The lowest BCUT2D eigenvalue weighted by molar-refractivity contribution is -0.131. The normalized spacial score (nSPS) is 13.9. The minimum Gasteiger partial charge on any atom is -0.493 e. The number of carbonyl (C=O) groups is 1. The van der Waals surface area contributed by atoms with Crippen molar-refractivity contribution in [3.8, 4) is 11.5 Å². The van der Waals surface area contributed by atoms with Gasteiger partial charge < -0.3 is 24.3 Å². The van der Waals surface area contributed by atoms with E-state index in [1.807, 2.05) is 4.90 Å². The third-order valence-corrected chi connectivity index (χ3v) is 5.50. The number of carbonyl (C=O) groups excluding carboxylic acids is 1. The molecule has 11 nitrogen and oxygen atoms in total. The van der Waals surface area contributed by atoms with Crippen LogP contribution in [0, 0.1) is 0 Å². The minimum atomic E-state index is -0.575. The van der Waals surface area contributed by atoms with E-state index in [2.05, 4.69) is 15.0 Å². The predicted molar refractivity (Wildman–Crippen MR) is 117 cm³/mol. The van der Waals surface area contributed by atoms with Crippen LogP contribution in [-0.4, -0.2) is 70.7 Å². The highest BCUT2D eigenvalue weighted by atomic mass is 16.5. The lowest BCUT2D eigenvalue weighted by atomic mass is 10.2. The van der Waals surface area contributed by atoms with Crippen LogP contribution in [0.3, 0.4) is 0 Å². The summed E-state index contributed by atoms with van der Waals surface area (Å²) in [4.78, 5) is 53.0. The van der Waals surface area contributed by atoms with E-state index in [9.17, 15) is 14.4 Å². The number of nitrogens with zero attached hydrogens (tertiary/aromatic N) is 5. The predicted octanol–water partition coefficient (Wildman–Crippen LogP) is 0.236. The Kier molecular flexibility index (Phi) is 6.06. The molecule has 1 fully saturated rings. The summed E-state index contributed by atoms with van der Waals surface area (Å²) in [6.45, 7) is 2.27. The molecule has 1 amide bonds. The Morgan fingerprint density at radius 3 is 2.34 bits per heavy atom. The van der Waals surface area contributed by atoms with E-state index in [1.54, 1.807) is 29.4 Å². The van der Waals surface area contributed by atoms with Gasteiger partial charge >= 0.3 is 5.69 Å². The van der Waals surface area contributed by atoms with Gasteiger partial charge in [0.05, 0.1) is 25.1 Å². The van der Waals surface area contributed by atoms with Crippen LogP contribution in [0.4, 0.5) is 5.95 Å². The third-order valence-electron chi connectivity index (χ3n) is 5.50. The zero-order valence-electron chi connectivity index (χ0n) is 17.9. The Morgan fingerprint density at radius 2 is 1.69 bits per heavy atom. The summed E-state index contributed by atoms with van der Waals surface area (Å²) in [6.07, 6.45) is 3.42. The fourth-order valence-corrected chi connectivity index (χ4v) is 3.76. The van der Waals surface area contributed by atoms with Gasteiger partial charge in [0.15, 0.2) is 11.5 Å². The Bertz CT molecular complexity index is 1230. The van der Waals surface area contributed by atoms with Crippen LogP contribution >= 0.6 is 0 Å². The molecule has 168 valence electrons. The summed E-state index contributed by atoms with van der Waals surface area (Å²) in [5.74, 6) is 1.31. The SMILES string of the molecule is COc1cc2[nH]c(=O)n(CCC(=O)N3CCN(c4ncccn4)CC3)c(=O)c2cc1OC. The van der Waals surface area contributed by atoms with Gasteiger partial charge in [-0.1, -0.05) is 0 Å². The Morgan fingerprint density at radius 1 is 1.03 bits per heavy atom. The summed E-state index contributed by atoms with van der Waals surface area (Å²) >= 11 is 0. The van der Waals surface area contributed by atoms with Crippen LogP contribution in [0.15, 0.2) is 40.2 Å².